The molecule has 3 heteroatoms. The Morgan fingerprint density at radius 3 is 2.94 bits per heavy atom. The summed E-state index contributed by atoms with van der Waals surface area (Å²) in [4.78, 5) is 0. The van der Waals surface area contributed by atoms with Crippen LogP contribution in [0, 0.1) is 17.7 Å². The van der Waals surface area contributed by atoms with Crippen molar-refractivity contribution in [2.75, 3.05) is 0 Å². The minimum Gasteiger partial charge on any atom is -0.388 e. The predicted molar refractivity (Wildman–Crippen MR) is 72.1 cm³/mol. The molecule has 18 heavy (non-hydrogen) atoms. The molecule has 1 saturated carbocycles. The van der Waals surface area contributed by atoms with E-state index in [1.807, 2.05) is 0 Å². The molecular weight excluding hydrogens is 251 g/mol. The van der Waals surface area contributed by atoms with Gasteiger partial charge in [-0.15, -0.1) is 0 Å². The highest BCUT2D eigenvalue weighted by Crippen LogP contribution is 2.39. The van der Waals surface area contributed by atoms with Crippen LogP contribution in [0.15, 0.2) is 18.2 Å². The lowest BCUT2D eigenvalue weighted by Gasteiger charge is -2.32. The molecule has 100 valence electrons. The van der Waals surface area contributed by atoms with E-state index in [1.165, 1.54) is 18.6 Å². The van der Waals surface area contributed by atoms with E-state index in [4.69, 9.17) is 11.6 Å². The first-order chi connectivity index (χ1) is 8.61. The van der Waals surface area contributed by atoms with Gasteiger partial charge in [0.1, 0.15) is 5.82 Å². The molecule has 1 aliphatic rings. The molecule has 3 atom stereocenters. The predicted octanol–water partition coefficient (Wildman–Crippen LogP) is 4.73. The van der Waals surface area contributed by atoms with E-state index < -0.39 is 6.10 Å². The third-order valence-electron chi connectivity index (χ3n) is 4.12. The van der Waals surface area contributed by atoms with Crippen LogP contribution in [0.4, 0.5) is 4.39 Å². The van der Waals surface area contributed by atoms with E-state index in [0.717, 1.165) is 25.7 Å². The fraction of sp³-hybridized carbons (Fsp3) is 0.600. The summed E-state index contributed by atoms with van der Waals surface area (Å²) in [7, 11) is 0. The summed E-state index contributed by atoms with van der Waals surface area (Å²) >= 11 is 5.88. The lowest BCUT2D eigenvalue weighted by Crippen LogP contribution is -2.22. The van der Waals surface area contributed by atoms with Crippen LogP contribution in [0.3, 0.4) is 0 Å². The fourth-order valence-electron chi connectivity index (χ4n) is 2.99. The van der Waals surface area contributed by atoms with Gasteiger partial charge in [0.05, 0.1) is 6.10 Å². The molecule has 3 unspecified atom stereocenters. The Kier molecular flexibility index (Phi) is 4.63. The average molecular weight is 271 g/mol. The van der Waals surface area contributed by atoms with Crippen molar-refractivity contribution in [2.45, 2.75) is 45.1 Å². The van der Waals surface area contributed by atoms with Crippen LogP contribution in [-0.2, 0) is 0 Å². The van der Waals surface area contributed by atoms with Crippen molar-refractivity contribution in [1.82, 2.24) is 0 Å². The first-order valence-electron chi connectivity index (χ1n) is 6.74. The van der Waals surface area contributed by atoms with Crippen molar-refractivity contribution < 1.29 is 9.50 Å². The molecule has 0 heterocycles. The maximum Gasteiger partial charge on any atom is 0.129 e. The highest BCUT2D eigenvalue weighted by atomic mass is 35.5. The number of hydrogen-bond acceptors (Lipinski definition) is 1. The van der Waals surface area contributed by atoms with Gasteiger partial charge >= 0.3 is 0 Å². The number of aliphatic hydroxyl groups excluding tert-OH is 1. The van der Waals surface area contributed by atoms with E-state index in [9.17, 15) is 9.50 Å². The summed E-state index contributed by atoms with van der Waals surface area (Å²) in [6, 6.07) is 4.40. The van der Waals surface area contributed by atoms with E-state index in [0.29, 0.717) is 16.5 Å². The quantitative estimate of drug-likeness (QED) is 0.842. The second-order valence-corrected chi connectivity index (χ2v) is 5.75. The number of halogens is 2. The first-order valence-corrected chi connectivity index (χ1v) is 7.12. The lowest BCUT2D eigenvalue weighted by molar-refractivity contribution is 0.0650. The third kappa shape index (κ3) is 3.04. The average Bonchev–Trinajstić information content (AvgIpc) is 2.41. The first kappa shape index (κ1) is 13.8. The zero-order valence-electron chi connectivity index (χ0n) is 10.7. The normalized spacial score (nSPS) is 26.0. The molecule has 0 amide bonds. The van der Waals surface area contributed by atoms with Crippen molar-refractivity contribution in [2.24, 2.45) is 11.8 Å². The molecule has 0 bridgehead atoms. The molecule has 1 aromatic carbocycles. The molecule has 0 aromatic heterocycles. The molecule has 0 saturated heterocycles. The van der Waals surface area contributed by atoms with Crippen molar-refractivity contribution in [1.29, 1.82) is 0 Å². The molecule has 1 aromatic rings. The van der Waals surface area contributed by atoms with Gasteiger partial charge in [-0.2, -0.15) is 0 Å². The van der Waals surface area contributed by atoms with Gasteiger partial charge in [-0.25, -0.2) is 4.39 Å². The van der Waals surface area contributed by atoms with Crippen LogP contribution < -0.4 is 0 Å². The van der Waals surface area contributed by atoms with Gasteiger partial charge < -0.3 is 5.11 Å². The second-order valence-electron chi connectivity index (χ2n) is 5.31. The second kappa shape index (κ2) is 6.03. The summed E-state index contributed by atoms with van der Waals surface area (Å²) in [5, 5.41) is 10.8. The molecule has 1 N–H and O–H groups in total. The summed E-state index contributed by atoms with van der Waals surface area (Å²) in [5.74, 6) is 0.475. The molecule has 2 rings (SSSR count). The van der Waals surface area contributed by atoms with Gasteiger partial charge in [-0.05, 0) is 42.9 Å². The Balaban J connectivity index is 2.14. The number of hydrogen-bond donors (Lipinski definition) is 1. The number of aliphatic hydroxyl groups is 1. The monoisotopic (exact) mass is 270 g/mol. The molecule has 0 aliphatic heterocycles. The highest BCUT2D eigenvalue weighted by Gasteiger charge is 2.29. The van der Waals surface area contributed by atoms with E-state index in [-0.39, 0.29) is 11.7 Å². The summed E-state index contributed by atoms with van der Waals surface area (Å²) in [6.45, 7) is 2.18. The largest absolute Gasteiger partial charge is 0.388 e. The van der Waals surface area contributed by atoms with Crippen molar-refractivity contribution in [3.05, 3.63) is 34.6 Å². The molecule has 1 nitrogen and oxygen atoms in total. The van der Waals surface area contributed by atoms with Crippen LogP contribution in [-0.4, -0.2) is 5.11 Å². The Morgan fingerprint density at radius 1 is 1.44 bits per heavy atom. The Labute approximate surface area is 113 Å². The van der Waals surface area contributed by atoms with E-state index in [2.05, 4.69) is 6.92 Å². The Bertz CT molecular complexity index is 407. The summed E-state index contributed by atoms with van der Waals surface area (Å²) in [5.41, 5.74) is 0.351. The van der Waals surface area contributed by atoms with Crippen LogP contribution in [0.25, 0.3) is 0 Å². The third-order valence-corrected chi connectivity index (χ3v) is 4.36. The van der Waals surface area contributed by atoms with E-state index in [1.54, 1.807) is 6.07 Å². The van der Waals surface area contributed by atoms with Gasteiger partial charge in [-0.3, -0.25) is 0 Å². The zero-order valence-corrected chi connectivity index (χ0v) is 11.5. The van der Waals surface area contributed by atoms with Gasteiger partial charge in [0.2, 0.25) is 0 Å². The Morgan fingerprint density at radius 2 is 2.22 bits per heavy atom. The zero-order chi connectivity index (χ0) is 13.1. The van der Waals surface area contributed by atoms with Crippen LogP contribution in [0.5, 0.6) is 0 Å². The molecule has 1 aliphatic carbocycles. The van der Waals surface area contributed by atoms with Gasteiger partial charge in [0.15, 0.2) is 0 Å². The van der Waals surface area contributed by atoms with Gasteiger partial charge in [-0.1, -0.05) is 37.8 Å². The SMILES string of the molecule is CCC1CCCC(C(O)c2cc(Cl)ccc2F)C1. The minimum absolute atomic E-state index is 0.164. The van der Waals surface area contributed by atoms with Crippen molar-refractivity contribution in [3.63, 3.8) is 0 Å². The minimum atomic E-state index is -0.724. The number of rotatable bonds is 3. The Hall–Kier alpha value is -0.600. The van der Waals surface area contributed by atoms with Gasteiger partial charge in [0.25, 0.3) is 0 Å². The molecule has 0 radical (unpaired) electrons. The number of benzene rings is 1. The summed E-state index contributed by atoms with van der Waals surface area (Å²) in [6.07, 6.45) is 4.74. The molecule has 1 fully saturated rings. The van der Waals surface area contributed by atoms with Crippen molar-refractivity contribution >= 4 is 11.6 Å². The standard InChI is InChI=1S/C15H20ClFO/c1-2-10-4-3-5-11(8-10)15(18)13-9-12(16)6-7-14(13)17/h6-7,9-11,15,18H,2-5,8H2,1H3. The maximum atomic E-state index is 13.7. The van der Waals surface area contributed by atoms with Crippen LogP contribution in [0.1, 0.15) is 50.7 Å². The van der Waals surface area contributed by atoms with E-state index >= 15 is 0 Å². The maximum absolute atomic E-state index is 13.7. The fourth-order valence-corrected chi connectivity index (χ4v) is 3.17. The van der Waals surface area contributed by atoms with Gasteiger partial charge in [0, 0.05) is 10.6 Å². The topological polar surface area (TPSA) is 20.2 Å². The smallest absolute Gasteiger partial charge is 0.129 e. The summed E-state index contributed by atoms with van der Waals surface area (Å²) < 4.78 is 13.7. The van der Waals surface area contributed by atoms with Crippen LogP contribution in [0.2, 0.25) is 5.02 Å². The highest BCUT2D eigenvalue weighted by molar-refractivity contribution is 6.30. The lowest BCUT2D eigenvalue weighted by atomic mass is 9.76. The molecule has 0 spiro atoms. The molecular formula is C15H20ClFO. The van der Waals surface area contributed by atoms with Crippen LogP contribution >= 0.6 is 11.6 Å². The van der Waals surface area contributed by atoms with Crippen molar-refractivity contribution in [3.8, 4) is 0 Å².